The lowest BCUT2D eigenvalue weighted by molar-refractivity contribution is -0.134. The Balaban J connectivity index is 1.66. The van der Waals surface area contributed by atoms with Gasteiger partial charge in [0, 0.05) is 11.4 Å². The lowest BCUT2D eigenvalue weighted by Gasteiger charge is -2.27. The largest absolute Gasteiger partial charge is 0.491 e. The maximum absolute atomic E-state index is 13.5. The van der Waals surface area contributed by atoms with Crippen LogP contribution in [0.15, 0.2) is 54.7 Å². The molecule has 4 rings (SSSR count). The number of carbonyl (C=O) groups is 4. The highest BCUT2D eigenvalue weighted by atomic mass is 35.5. The minimum Gasteiger partial charge on any atom is -0.491 e. The van der Waals surface area contributed by atoms with Crippen molar-refractivity contribution >= 4 is 47.0 Å². The molecule has 15 heteroatoms. The second-order valence-electron chi connectivity index (χ2n) is 10.5. The summed E-state index contributed by atoms with van der Waals surface area (Å²) in [7, 11) is 0. The van der Waals surface area contributed by atoms with Crippen LogP contribution in [-0.4, -0.2) is 86.6 Å². The number of nitrogens with zero attached hydrogens (tertiary/aromatic N) is 3. The van der Waals surface area contributed by atoms with Crippen molar-refractivity contribution in [1.82, 2.24) is 36.3 Å². The number of halogens is 1. The Morgan fingerprint density at radius 2 is 1.82 bits per heavy atom. The molecule has 1 aliphatic rings. The van der Waals surface area contributed by atoms with Gasteiger partial charge < -0.3 is 31.1 Å². The molecule has 240 valence electrons. The molecule has 0 saturated carbocycles. The van der Waals surface area contributed by atoms with Crippen LogP contribution in [0.5, 0.6) is 5.75 Å². The number of carbonyl (C=O) groups excluding carboxylic acids is 4. The van der Waals surface area contributed by atoms with Gasteiger partial charge in [-0.25, -0.2) is 4.68 Å². The summed E-state index contributed by atoms with van der Waals surface area (Å²) in [6.45, 7) is 1.81. The predicted octanol–water partition coefficient (Wildman–Crippen LogP) is 1.08. The minimum atomic E-state index is -1.42. The van der Waals surface area contributed by atoms with Gasteiger partial charge in [-0.3, -0.25) is 19.2 Å². The zero-order valence-electron chi connectivity index (χ0n) is 24.9. The van der Waals surface area contributed by atoms with E-state index in [1.54, 1.807) is 18.3 Å². The van der Waals surface area contributed by atoms with Crippen molar-refractivity contribution in [3.63, 3.8) is 0 Å². The second-order valence-corrected chi connectivity index (χ2v) is 11.9. The third-order valence-corrected chi connectivity index (χ3v) is 7.88. The number of nitrogens with one attached hydrogen (secondary N) is 4. The number of benzene rings is 2. The van der Waals surface area contributed by atoms with Gasteiger partial charge >= 0.3 is 0 Å². The number of rotatable bonds is 6. The number of fused-ring (bicyclic) bond motifs is 3. The smallest absolute Gasteiger partial charge is 0.255 e. The molecule has 1 aromatic heterocycles. The first-order chi connectivity index (χ1) is 21.6. The molecule has 3 aromatic rings. The third kappa shape index (κ3) is 9.67. The molecule has 4 atom stereocenters. The van der Waals surface area contributed by atoms with Crippen LogP contribution in [0, 0.1) is 0 Å². The molecular weight excluding hydrogens is 622 g/mol. The Labute approximate surface area is 269 Å². The van der Waals surface area contributed by atoms with Gasteiger partial charge in [-0.1, -0.05) is 47.1 Å². The summed E-state index contributed by atoms with van der Waals surface area (Å²) in [6, 6.07) is 10.2. The molecule has 0 unspecified atom stereocenters. The van der Waals surface area contributed by atoms with E-state index in [2.05, 4.69) is 31.6 Å². The van der Waals surface area contributed by atoms with E-state index in [0.717, 1.165) is 5.56 Å². The fourth-order valence-corrected chi connectivity index (χ4v) is 5.25. The number of aromatic nitrogens is 3. The van der Waals surface area contributed by atoms with Gasteiger partial charge in [-0.15, -0.1) is 5.10 Å². The molecule has 5 N–H and O–H groups in total. The lowest BCUT2D eigenvalue weighted by Crippen LogP contribution is -2.60. The highest BCUT2D eigenvalue weighted by molar-refractivity contribution is 7.98. The van der Waals surface area contributed by atoms with Gasteiger partial charge in [0.2, 0.25) is 17.7 Å². The first-order valence-corrected chi connectivity index (χ1v) is 16.1. The summed E-state index contributed by atoms with van der Waals surface area (Å²) in [6.07, 6.45) is 2.56. The monoisotopic (exact) mass is 657 g/mol. The molecule has 0 radical (unpaired) electrons. The van der Waals surface area contributed by atoms with Crippen molar-refractivity contribution < 1.29 is 29.0 Å². The van der Waals surface area contributed by atoms with Crippen LogP contribution >= 0.6 is 23.4 Å². The predicted molar refractivity (Wildman–Crippen MR) is 169 cm³/mol. The Bertz CT molecular complexity index is 1490. The average Bonchev–Trinajstić information content (AvgIpc) is 3.48. The van der Waals surface area contributed by atoms with E-state index < -0.39 is 47.9 Å². The molecule has 4 amide bonds. The van der Waals surface area contributed by atoms with Crippen molar-refractivity contribution in [3.8, 4) is 5.75 Å². The number of hydrogen-bond acceptors (Lipinski definition) is 9. The molecule has 0 fully saturated rings. The molecule has 0 spiro atoms. The van der Waals surface area contributed by atoms with Gasteiger partial charge in [0.05, 0.1) is 31.0 Å². The van der Waals surface area contributed by atoms with Crippen LogP contribution < -0.4 is 26.0 Å². The van der Waals surface area contributed by atoms with Gasteiger partial charge in [-0.2, -0.15) is 11.8 Å². The number of aliphatic hydroxyl groups is 1. The first-order valence-electron chi connectivity index (χ1n) is 14.4. The van der Waals surface area contributed by atoms with E-state index in [-0.39, 0.29) is 43.9 Å². The van der Waals surface area contributed by atoms with Crippen LogP contribution in [0.2, 0.25) is 5.02 Å². The molecule has 0 saturated heterocycles. The normalized spacial score (nSPS) is 20.8. The van der Waals surface area contributed by atoms with Crippen molar-refractivity contribution in [3.05, 3.63) is 76.6 Å². The highest BCUT2D eigenvalue weighted by Crippen LogP contribution is 2.23. The topological polar surface area (TPSA) is 177 Å². The van der Waals surface area contributed by atoms with Crippen molar-refractivity contribution in [2.75, 3.05) is 18.6 Å². The molecule has 45 heavy (non-hydrogen) atoms. The third-order valence-electron chi connectivity index (χ3n) is 7.00. The lowest BCUT2D eigenvalue weighted by atomic mass is 10.0. The number of hydrogen-bond donors (Lipinski definition) is 5. The standard InChI is InChI=1S/C30H36ClN7O6S/c1-18(39)26-30(43)34-24(14-19-6-4-3-5-7-19)28(41)32-16-21-17-38(37-36-21)11-12-44-25-9-8-20(31)15-22(25)27(40)33-23(10-13-45-2)29(42)35-26/h3-9,15,17-18,23-24,26,39H,10-14,16H2,1-2H3,(H,32,41)(H,33,40)(H,34,43)(H,35,42)/t18-,23-,24+,26+/m1/s1. The fourth-order valence-electron chi connectivity index (χ4n) is 4.60. The number of aliphatic hydroxyl groups excluding tert-OH is 1. The van der Waals surface area contributed by atoms with Crippen LogP contribution in [0.4, 0.5) is 0 Å². The Morgan fingerprint density at radius 3 is 2.56 bits per heavy atom. The van der Waals surface area contributed by atoms with E-state index in [1.165, 1.54) is 29.4 Å². The average molecular weight is 658 g/mol. The number of amides is 4. The number of ether oxygens (including phenoxy) is 1. The molecule has 2 aromatic carbocycles. The van der Waals surface area contributed by atoms with Crippen molar-refractivity contribution in [2.24, 2.45) is 0 Å². The van der Waals surface area contributed by atoms with Crippen molar-refractivity contribution in [2.45, 2.75) is 57.1 Å². The molecular formula is C30H36ClN7O6S. The van der Waals surface area contributed by atoms with Gasteiger partial charge in [0.25, 0.3) is 5.91 Å². The first kappa shape index (κ1) is 33.7. The molecule has 1 aliphatic heterocycles. The Hall–Kier alpha value is -4.14. The summed E-state index contributed by atoms with van der Waals surface area (Å²) < 4.78 is 7.42. The summed E-state index contributed by atoms with van der Waals surface area (Å²) in [5.41, 5.74) is 1.38. The summed E-state index contributed by atoms with van der Waals surface area (Å²) in [5, 5.41) is 29.8. The van der Waals surface area contributed by atoms with E-state index in [0.29, 0.717) is 16.5 Å². The van der Waals surface area contributed by atoms with Crippen LogP contribution in [0.1, 0.15) is 35.0 Å². The molecule has 2 heterocycles. The summed E-state index contributed by atoms with van der Waals surface area (Å²) in [5.74, 6) is -1.79. The van der Waals surface area contributed by atoms with E-state index in [1.807, 2.05) is 36.6 Å². The zero-order chi connectivity index (χ0) is 32.3. The summed E-state index contributed by atoms with van der Waals surface area (Å²) >= 11 is 7.67. The Kier molecular flexibility index (Phi) is 12.2. The zero-order valence-corrected chi connectivity index (χ0v) is 26.4. The second kappa shape index (κ2) is 16.3. The van der Waals surface area contributed by atoms with Crippen LogP contribution in [0.3, 0.4) is 0 Å². The van der Waals surface area contributed by atoms with Crippen LogP contribution in [0.25, 0.3) is 0 Å². The van der Waals surface area contributed by atoms with Gasteiger partial charge in [-0.05, 0) is 49.1 Å². The molecule has 13 nitrogen and oxygen atoms in total. The van der Waals surface area contributed by atoms with Gasteiger partial charge in [0.15, 0.2) is 0 Å². The van der Waals surface area contributed by atoms with E-state index in [9.17, 15) is 24.3 Å². The van der Waals surface area contributed by atoms with E-state index in [4.69, 9.17) is 16.3 Å². The van der Waals surface area contributed by atoms with E-state index >= 15 is 0 Å². The SMILES string of the molecule is CSCC[C@H]1NC(=O)c2cc(Cl)ccc2OCCn2cc(nn2)CNC(=O)[C@H](Cc2ccccc2)NC(=O)[C@H]([C@@H](C)O)NC1=O. The van der Waals surface area contributed by atoms with Crippen LogP contribution in [-0.2, 0) is 33.9 Å². The Morgan fingerprint density at radius 1 is 1.04 bits per heavy atom. The fraction of sp³-hybridized carbons (Fsp3) is 0.400. The highest BCUT2D eigenvalue weighted by Gasteiger charge is 2.33. The maximum Gasteiger partial charge on any atom is 0.255 e. The molecule has 0 aliphatic carbocycles. The maximum atomic E-state index is 13.5. The quantitative estimate of drug-likeness (QED) is 0.260. The van der Waals surface area contributed by atoms with Crippen molar-refractivity contribution in [1.29, 1.82) is 0 Å². The van der Waals surface area contributed by atoms with Gasteiger partial charge in [0.1, 0.15) is 36.2 Å². The summed E-state index contributed by atoms with van der Waals surface area (Å²) in [4.78, 5) is 53.8. The number of thioether (sulfide) groups is 1. The minimum absolute atomic E-state index is 0.0377. The molecule has 2 bridgehead atoms.